The van der Waals surface area contributed by atoms with Crippen LogP contribution < -0.4 is 4.74 Å². The molecule has 0 aliphatic heterocycles. The van der Waals surface area contributed by atoms with E-state index < -0.39 is 12.1 Å². The number of carbonyl (C=O) groups excluding carboxylic acids is 1. The Kier molecular flexibility index (Phi) is 6.22. The fraction of sp³-hybridized carbons (Fsp3) is 0.429. The Bertz CT molecular complexity index is 793. The molecule has 0 bridgehead atoms. The lowest BCUT2D eigenvalue weighted by atomic mass is 9.88. The zero-order valence-electron chi connectivity index (χ0n) is 15.5. The molecule has 1 heterocycles. The molecule has 0 radical (unpaired) electrons. The predicted molar refractivity (Wildman–Crippen MR) is 104 cm³/mol. The highest BCUT2D eigenvalue weighted by Crippen LogP contribution is 2.32. The molecular formula is C21H24ClNO4. The number of ether oxygens (including phenoxy) is 2. The number of hydrogen-bond acceptors (Lipinski definition) is 5. The topological polar surface area (TPSA) is 68.7 Å². The van der Waals surface area contributed by atoms with Gasteiger partial charge in [0.05, 0.1) is 10.7 Å². The SMILES string of the molecule is CC(Oc1ccc(-c2ccc(Cl)cn2)cc1O)C(=O)OC1CCCCC1C. The monoisotopic (exact) mass is 389 g/mol. The molecule has 3 unspecified atom stereocenters. The summed E-state index contributed by atoms with van der Waals surface area (Å²) in [5.74, 6) is 0.134. The molecule has 3 rings (SSSR count). The summed E-state index contributed by atoms with van der Waals surface area (Å²) in [4.78, 5) is 16.6. The summed E-state index contributed by atoms with van der Waals surface area (Å²) in [6.45, 7) is 3.74. The normalized spacial score (nSPS) is 20.7. The molecule has 1 aliphatic carbocycles. The smallest absolute Gasteiger partial charge is 0.347 e. The van der Waals surface area contributed by atoms with Crippen molar-refractivity contribution in [1.82, 2.24) is 4.98 Å². The number of carbonyl (C=O) groups is 1. The Labute approximate surface area is 164 Å². The van der Waals surface area contributed by atoms with Crippen LogP contribution in [-0.4, -0.2) is 28.3 Å². The van der Waals surface area contributed by atoms with Gasteiger partial charge in [0.2, 0.25) is 0 Å². The zero-order chi connectivity index (χ0) is 19.4. The van der Waals surface area contributed by atoms with Gasteiger partial charge in [-0.1, -0.05) is 24.9 Å². The van der Waals surface area contributed by atoms with Crippen molar-refractivity contribution in [3.63, 3.8) is 0 Å². The van der Waals surface area contributed by atoms with E-state index in [9.17, 15) is 9.90 Å². The number of rotatable bonds is 5. The lowest BCUT2D eigenvalue weighted by Gasteiger charge is -2.29. The van der Waals surface area contributed by atoms with E-state index in [-0.39, 0.29) is 17.6 Å². The number of nitrogens with zero attached hydrogens (tertiary/aromatic N) is 1. The zero-order valence-corrected chi connectivity index (χ0v) is 16.3. The quantitative estimate of drug-likeness (QED) is 0.729. The minimum atomic E-state index is -0.801. The first-order valence-electron chi connectivity index (χ1n) is 9.26. The Morgan fingerprint density at radius 2 is 2.04 bits per heavy atom. The molecule has 0 amide bonds. The number of esters is 1. The maximum atomic E-state index is 12.3. The van der Waals surface area contributed by atoms with Crippen molar-refractivity contribution in [3.05, 3.63) is 41.6 Å². The molecule has 1 N–H and O–H groups in total. The van der Waals surface area contributed by atoms with E-state index in [1.807, 2.05) is 0 Å². The van der Waals surface area contributed by atoms with Gasteiger partial charge in [0.15, 0.2) is 17.6 Å². The molecule has 1 aliphatic rings. The lowest BCUT2D eigenvalue weighted by Crippen LogP contribution is -2.34. The van der Waals surface area contributed by atoms with Crippen molar-refractivity contribution < 1.29 is 19.4 Å². The van der Waals surface area contributed by atoms with E-state index in [2.05, 4.69) is 11.9 Å². The Balaban J connectivity index is 1.64. The fourth-order valence-electron chi connectivity index (χ4n) is 3.26. The maximum absolute atomic E-state index is 12.3. The number of pyridine rings is 1. The standard InChI is InChI=1S/C21H24ClNO4/c1-13-5-3-4-6-19(13)27-21(25)14(2)26-20-10-7-15(11-18(20)24)17-9-8-16(22)12-23-17/h7-14,19,24H,3-6H2,1-2H3. The molecule has 27 heavy (non-hydrogen) atoms. The van der Waals surface area contributed by atoms with Crippen LogP contribution in [0.3, 0.4) is 0 Å². The lowest BCUT2D eigenvalue weighted by molar-refractivity contribution is -0.160. The number of benzene rings is 1. The second kappa shape index (κ2) is 8.61. The molecule has 1 aromatic carbocycles. The molecule has 5 nitrogen and oxygen atoms in total. The minimum absolute atomic E-state index is 0.0516. The molecule has 6 heteroatoms. The van der Waals surface area contributed by atoms with Gasteiger partial charge in [0, 0.05) is 11.8 Å². The third-order valence-electron chi connectivity index (χ3n) is 4.92. The summed E-state index contributed by atoms with van der Waals surface area (Å²) >= 11 is 5.85. The van der Waals surface area contributed by atoms with Crippen LogP contribution in [0, 0.1) is 5.92 Å². The van der Waals surface area contributed by atoms with Gasteiger partial charge in [-0.15, -0.1) is 0 Å². The van der Waals surface area contributed by atoms with E-state index in [0.29, 0.717) is 16.6 Å². The summed E-state index contributed by atoms with van der Waals surface area (Å²) in [6, 6.07) is 8.44. The number of aromatic hydroxyl groups is 1. The number of halogens is 1. The summed E-state index contributed by atoms with van der Waals surface area (Å²) in [5, 5.41) is 10.8. The molecular weight excluding hydrogens is 366 g/mol. The van der Waals surface area contributed by atoms with E-state index in [0.717, 1.165) is 24.8 Å². The van der Waals surface area contributed by atoms with Crippen LogP contribution in [0.25, 0.3) is 11.3 Å². The van der Waals surface area contributed by atoms with Gasteiger partial charge < -0.3 is 14.6 Å². The molecule has 3 atom stereocenters. The molecule has 144 valence electrons. The average Bonchev–Trinajstić information content (AvgIpc) is 2.65. The second-order valence-corrected chi connectivity index (χ2v) is 7.48. The van der Waals surface area contributed by atoms with E-state index >= 15 is 0 Å². The van der Waals surface area contributed by atoms with Crippen LogP contribution >= 0.6 is 11.6 Å². The third kappa shape index (κ3) is 4.92. The summed E-state index contributed by atoms with van der Waals surface area (Å²) in [5.41, 5.74) is 1.41. The Hall–Kier alpha value is -2.27. The number of phenols is 1. The molecule has 0 spiro atoms. The van der Waals surface area contributed by atoms with Crippen molar-refractivity contribution in [2.45, 2.75) is 51.7 Å². The summed E-state index contributed by atoms with van der Waals surface area (Å²) in [7, 11) is 0. The van der Waals surface area contributed by atoms with Gasteiger partial charge in [-0.25, -0.2) is 4.79 Å². The Morgan fingerprint density at radius 1 is 1.26 bits per heavy atom. The van der Waals surface area contributed by atoms with E-state index in [1.165, 1.54) is 6.42 Å². The first kappa shape index (κ1) is 19.5. The number of phenolic OH excluding ortho intramolecular Hbond substituents is 1. The van der Waals surface area contributed by atoms with Crippen molar-refractivity contribution in [2.24, 2.45) is 5.92 Å². The highest BCUT2D eigenvalue weighted by molar-refractivity contribution is 6.30. The first-order valence-corrected chi connectivity index (χ1v) is 9.64. The van der Waals surface area contributed by atoms with Gasteiger partial charge in [-0.2, -0.15) is 0 Å². The average molecular weight is 390 g/mol. The first-order chi connectivity index (χ1) is 12.9. The fourth-order valence-corrected chi connectivity index (χ4v) is 3.38. The van der Waals surface area contributed by atoms with Crippen molar-refractivity contribution in [1.29, 1.82) is 0 Å². The minimum Gasteiger partial charge on any atom is -0.504 e. The van der Waals surface area contributed by atoms with Crippen LogP contribution in [0.4, 0.5) is 0 Å². The van der Waals surface area contributed by atoms with Crippen LogP contribution in [-0.2, 0) is 9.53 Å². The van der Waals surface area contributed by atoms with Crippen molar-refractivity contribution in [3.8, 4) is 22.8 Å². The van der Waals surface area contributed by atoms with Crippen LogP contribution in [0.5, 0.6) is 11.5 Å². The van der Waals surface area contributed by atoms with Crippen LogP contribution in [0.1, 0.15) is 39.5 Å². The predicted octanol–water partition coefficient (Wildman–Crippen LogP) is 5.00. The van der Waals surface area contributed by atoms with Gasteiger partial charge in [-0.3, -0.25) is 4.98 Å². The number of hydrogen-bond donors (Lipinski definition) is 1. The number of aromatic nitrogens is 1. The Morgan fingerprint density at radius 3 is 2.70 bits per heavy atom. The van der Waals surface area contributed by atoms with E-state index in [4.69, 9.17) is 21.1 Å². The van der Waals surface area contributed by atoms with Gasteiger partial charge in [0.1, 0.15) is 6.10 Å². The summed E-state index contributed by atoms with van der Waals surface area (Å²) in [6.07, 6.45) is 4.93. The largest absolute Gasteiger partial charge is 0.504 e. The second-order valence-electron chi connectivity index (χ2n) is 7.04. The molecule has 0 saturated heterocycles. The third-order valence-corrected chi connectivity index (χ3v) is 5.14. The molecule has 1 aromatic heterocycles. The van der Waals surface area contributed by atoms with Crippen LogP contribution in [0.15, 0.2) is 36.5 Å². The highest BCUT2D eigenvalue weighted by atomic mass is 35.5. The van der Waals surface area contributed by atoms with E-state index in [1.54, 1.807) is 43.5 Å². The molecule has 1 fully saturated rings. The van der Waals surface area contributed by atoms with Gasteiger partial charge in [0.25, 0.3) is 0 Å². The van der Waals surface area contributed by atoms with Gasteiger partial charge in [-0.05, 0) is 62.4 Å². The van der Waals surface area contributed by atoms with Crippen LogP contribution in [0.2, 0.25) is 5.02 Å². The van der Waals surface area contributed by atoms with Crippen molar-refractivity contribution >= 4 is 17.6 Å². The molecule has 2 aromatic rings. The van der Waals surface area contributed by atoms with Gasteiger partial charge >= 0.3 is 5.97 Å². The maximum Gasteiger partial charge on any atom is 0.347 e. The molecule has 1 saturated carbocycles. The summed E-state index contributed by atoms with van der Waals surface area (Å²) < 4.78 is 11.2. The highest BCUT2D eigenvalue weighted by Gasteiger charge is 2.28. The van der Waals surface area contributed by atoms with Crippen molar-refractivity contribution in [2.75, 3.05) is 0 Å².